The fourth-order valence-corrected chi connectivity index (χ4v) is 2.98. The van der Waals surface area contributed by atoms with Gasteiger partial charge in [-0.05, 0) is 51.5 Å². The van der Waals surface area contributed by atoms with Crippen LogP contribution in [0.5, 0.6) is 0 Å². The first-order valence-electron chi connectivity index (χ1n) is 11.4. The van der Waals surface area contributed by atoms with E-state index in [-0.39, 0.29) is 18.9 Å². The lowest BCUT2D eigenvalue weighted by atomic mass is 10.0. The number of nitrogens with one attached hydrogen (secondary N) is 3. The highest BCUT2D eigenvalue weighted by Gasteiger charge is 2.28. The molecule has 0 heterocycles. The fourth-order valence-electron chi connectivity index (χ4n) is 2.98. The summed E-state index contributed by atoms with van der Waals surface area (Å²) in [6.45, 7) is 9.17. The van der Waals surface area contributed by atoms with Gasteiger partial charge in [-0.2, -0.15) is 0 Å². The average molecular weight is 479 g/mol. The fraction of sp³-hybridized carbons (Fsp3) is 0.583. The predicted octanol–water partition coefficient (Wildman–Crippen LogP) is 2.60. The largest absolute Gasteiger partial charge is 0.445 e. The third kappa shape index (κ3) is 12.1. The van der Waals surface area contributed by atoms with Crippen molar-refractivity contribution in [3.05, 3.63) is 35.9 Å². The molecule has 0 aliphatic carbocycles. The van der Waals surface area contributed by atoms with E-state index in [4.69, 9.17) is 15.2 Å². The maximum absolute atomic E-state index is 12.8. The summed E-state index contributed by atoms with van der Waals surface area (Å²) in [4.78, 5) is 48.5. The molecule has 190 valence electrons. The van der Waals surface area contributed by atoms with Crippen molar-refractivity contribution in [1.29, 1.82) is 0 Å². The van der Waals surface area contributed by atoms with Crippen LogP contribution in [-0.2, 0) is 25.7 Å². The van der Waals surface area contributed by atoms with E-state index in [1.165, 1.54) is 0 Å². The van der Waals surface area contributed by atoms with E-state index < -0.39 is 41.7 Å². The number of carbonyl (C=O) groups excluding carboxylic acids is 4. The molecule has 4 amide bonds. The molecule has 0 aromatic heterocycles. The van der Waals surface area contributed by atoms with E-state index in [1.807, 2.05) is 30.3 Å². The van der Waals surface area contributed by atoms with E-state index in [0.717, 1.165) is 5.56 Å². The Kier molecular flexibility index (Phi) is 11.9. The summed E-state index contributed by atoms with van der Waals surface area (Å²) in [6, 6.07) is 7.53. The van der Waals surface area contributed by atoms with Crippen molar-refractivity contribution >= 4 is 24.0 Å². The summed E-state index contributed by atoms with van der Waals surface area (Å²) in [5, 5.41) is 7.81. The first-order valence-corrected chi connectivity index (χ1v) is 11.4. The summed E-state index contributed by atoms with van der Waals surface area (Å²) >= 11 is 0. The van der Waals surface area contributed by atoms with Gasteiger partial charge in [0.05, 0.1) is 0 Å². The molecule has 0 fully saturated rings. The summed E-state index contributed by atoms with van der Waals surface area (Å²) in [5.74, 6) is -1.40. The highest BCUT2D eigenvalue weighted by molar-refractivity contribution is 5.90. The standard InChI is InChI=1S/C24H38N4O6/c1-16(2)19(20(25)29)28-21(30)18(27-23(32)34-24(3,4)5)13-9-10-14-26-22(31)33-15-17-11-7-6-8-12-17/h6-8,11-12,16,18-19H,9-10,13-15H2,1-5H3,(H2,25,29)(H,26,31)(H,27,32)(H,28,30)/t18-,19+/m1/s1. The normalized spacial score (nSPS) is 12.9. The third-order valence-electron chi connectivity index (χ3n) is 4.68. The van der Waals surface area contributed by atoms with Gasteiger partial charge in [-0.1, -0.05) is 44.2 Å². The number of primary amides is 1. The number of benzene rings is 1. The quantitative estimate of drug-likeness (QED) is 0.339. The van der Waals surface area contributed by atoms with Crippen LogP contribution in [-0.4, -0.2) is 48.2 Å². The molecule has 1 rings (SSSR count). The predicted molar refractivity (Wildman–Crippen MR) is 128 cm³/mol. The molecule has 0 saturated heterocycles. The number of unbranched alkanes of at least 4 members (excludes halogenated alkanes) is 1. The molecule has 1 aromatic carbocycles. The molecule has 0 saturated carbocycles. The Morgan fingerprint density at radius 2 is 1.62 bits per heavy atom. The highest BCUT2D eigenvalue weighted by Crippen LogP contribution is 2.10. The van der Waals surface area contributed by atoms with Gasteiger partial charge in [-0.25, -0.2) is 9.59 Å². The van der Waals surface area contributed by atoms with Crippen LogP contribution in [0.25, 0.3) is 0 Å². The second kappa shape index (κ2) is 14.1. The number of nitrogens with two attached hydrogens (primary N) is 1. The van der Waals surface area contributed by atoms with Gasteiger partial charge in [-0.15, -0.1) is 0 Å². The summed E-state index contributed by atoms with van der Waals surface area (Å²) in [5.41, 5.74) is 5.53. The van der Waals surface area contributed by atoms with Crippen LogP contribution in [0.2, 0.25) is 0 Å². The monoisotopic (exact) mass is 478 g/mol. The Bertz CT molecular complexity index is 807. The smallest absolute Gasteiger partial charge is 0.408 e. The third-order valence-corrected chi connectivity index (χ3v) is 4.68. The van der Waals surface area contributed by atoms with E-state index >= 15 is 0 Å². The number of hydrogen-bond donors (Lipinski definition) is 4. The van der Waals surface area contributed by atoms with Gasteiger partial charge in [0.15, 0.2) is 0 Å². The Morgan fingerprint density at radius 3 is 2.18 bits per heavy atom. The molecular formula is C24H38N4O6. The molecule has 0 spiro atoms. The lowest BCUT2D eigenvalue weighted by Crippen LogP contribution is -2.55. The van der Waals surface area contributed by atoms with Gasteiger partial charge in [0.1, 0.15) is 24.3 Å². The zero-order valence-corrected chi connectivity index (χ0v) is 20.7. The molecular weight excluding hydrogens is 440 g/mol. The number of ether oxygens (including phenoxy) is 2. The van der Waals surface area contributed by atoms with Gasteiger partial charge in [0.2, 0.25) is 11.8 Å². The molecule has 10 nitrogen and oxygen atoms in total. The van der Waals surface area contributed by atoms with Crippen molar-refractivity contribution in [3.63, 3.8) is 0 Å². The van der Waals surface area contributed by atoms with Crippen molar-refractivity contribution in [2.24, 2.45) is 11.7 Å². The van der Waals surface area contributed by atoms with E-state index in [0.29, 0.717) is 19.4 Å². The van der Waals surface area contributed by atoms with Crippen LogP contribution in [0.4, 0.5) is 9.59 Å². The van der Waals surface area contributed by atoms with Crippen molar-refractivity contribution in [3.8, 4) is 0 Å². The first-order chi connectivity index (χ1) is 15.9. The lowest BCUT2D eigenvalue weighted by molar-refractivity contribution is -0.129. The van der Waals surface area contributed by atoms with Crippen LogP contribution in [0, 0.1) is 5.92 Å². The zero-order chi connectivity index (χ0) is 25.7. The van der Waals surface area contributed by atoms with Crippen molar-refractivity contribution in [1.82, 2.24) is 16.0 Å². The lowest BCUT2D eigenvalue weighted by Gasteiger charge is -2.25. The SMILES string of the molecule is CC(C)[C@H](NC(=O)[C@@H](CCCCNC(=O)OCc1ccccc1)NC(=O)OC(C)(C)C)C(N)=O. The van der Waals surface area contributed by atoms with Gasteiger partial charge in [0.25, 0.3) is 0 Å². The van der Waals surface area contributed by atoms with Crippen molar-refractivity contribution in [2.75, 3.05) is 6.54 Å². The molecule has 0 unspecified atom stereocenters. The van der Waals surface area contributed by atoms with Gasteiger partial charge in [-0.3, -0.25) is 9.59 Å². The van der Waals surface area contributed by atoms with Crippen LogP contribution in [0.1, 0.15) is 59.4 Å². The number of alkyl carbamates (subject to hydrolysis) is 2. The van der Waals surface area contributed by atoms with E-state index in [9.17, 15) is 19.2 Å². The van der Waals surface area contributed by atoms with Crippen LogP contribution < -0.4 is 21.7 Å². The maximum atomic E-state index is 12.8. The second-order valence-electron chi connectivity index (χ2n) is 9.32. The van der Waals surface area contributed by atoms with Gasteiger partial charge >= 0.3 is 12.2 Å². The van der Waals surface area contributed by atoms with E-state index in [2.05, 4.69) is 16.0 Å². The Labute approximate surface area is 201 Å². The molecule has 10 heteroatoms. The number of hydrogen-bond acceptors (Lipinski definition) is 6. The Balaban J connectivity index is 2.55. The van der Waals surface area contributed by atoms with Gasteiger partial charge in [0, 0.05) is 6.54 Å². The number of carbonyl (C=O) groups is 4. The van der Waals surface area contributed by atoms with Crippen LogP contribution >= 0.6 is 0 Å². The molecule has 1 aromatic rings. The molecule has 34 heavy (non-hydrogen) atoms. The number of rotatable bonds is 12. The minimum absolute atomic E-state index is 0.172. The molecule has 0 aliphatic rings. The van der Waals surface area contributed by atoms with Crippen LogP contribution in [0.15, 0.2) is 30.3 Å². The zero-order valence-electron chi connectivity index (χ0n) is 20.7. The first kappa shape index (κ1) is 28.7. The molecule has 5 N–H and O–H groups in total. The topological polar surface area (TPSA) is 149 Å². The minimum Gasteiger partial charge on any atom is -0.445 e. The molecule has 2 atom stereocenters. The molecule has 0 bridgehead atoms. The van der Waals surface area contributed by atoms with Crippen molar-refractivity contribution in [2.45, 2.75) is 78.2 Å². The second-order valence-corrected chi connectivity index (χ2v) is 9.32. The maximum Gasteiger partial charge on any atom is 0.408 e. The minimum atomic E-state index is -0.930. The van der Waals surface area contributed by atoms with Crippen molar-refractivity contribution < 1.29 is 28.7 Å². The highest BCUT2D eigenvalue weighted by atomic mass is 16.6. The molecule has 0 radical (unpaired) electrons. The van der Waals surface area contributed by atoms with Crippen LogP contribution in [0.3, 0.4) is 0 Å². The van der Waals surface area contributed by atoms with Gasteiger partial charge < -0.3 is 31.2 Å². The average Bonchev–Trinajstić information content (AvgIpc) is 2.73. The Morgan fingerprint density at radius 1 is 0.971 bits per heavy atom. The summed E-state index contributed by atoms with van der Waals surface area (Å²) in [6.07, 6.45) is 0.0520. The summed E-state index contributed by atoms with van der Waals surface area (Å²) < 4.78 is 10.4. The Hall–Kier alpha value is -3.30. The number of amides is 4. The molecule has 0 aliphatic heterocycles. The van der Waals surface area contributed by atoms with E-state index in [1.54, 1.807) is 34.6 Å². The summed E-state index contributed by atoms with van der Waals surface area (Å²) in [7, 11) is 0.